The molecule has 0 bridgehead atoms. The van der Waals surface area contributed by atoms with E-state index in [1.165, 1.54) is 0 Å². The van der Waals surface area contributed by atoms with Crippen molar-refractivity contribution in [3.05, 3.63) is 54.4 Å². The van der Waals surface area contributed by atoms with Gasteiger partial charge in [-0.2, -0.15) is 0 Å². The van der Waals surface area contributed by atoms with E-state index in [9.17, 15) is 13.2 Å². The molecule has 1 N–H and O–H groups in total. The van der Waals surface area contributed by atoms with Crippen LogP contribution < -0.4 is 5.32 Å². The van der Waals surface area contributed by atoms with Crippen molar-refractivity contribution in [2.75, 3.05) is 23.4 Å². The fourth-order valence-corrected chi connectivity index (χ4v) is 4.75. The number of para-hydroxylation sites is 1. The zero-order valence-electron chi connectivity index (χ0n) is 14.1. The second-order valence-electron chi connectivity index (χ2n) is 6.07. The quantitative estimate of drug-likeness (QED) is 0.887. The Bertz CT molecular complexity index is 836. The summed E-state index contributed by atoms with van der Waals surface area (Å²) < 4.78 is 23.4. The maximum Gasteiger partial charge on any atom is 0.272 e. The second-order valence-corrected chi connectivity index (χ2v) is 8.30. The molecular formula is C18H21N3O3S. The Hall–Kier alpha value is -2.41. The van der Waals surface area contributed by atoms with Gasteiger partial charge in [0.25, 0.3) is 5.91 Å². The minimum atomic E-state index is -3.03. The summed E-state index contributed by atoms with van der Waals surface area (Å²) in [5.74, 6) is -0.0365. The van der Waals surface area contributed by atoms with Crippen molar-refractivity contribution in [1.29, 1.82) is 0 Å². The molecule has 1 atom stereocenters. The molecule has 25 heavy (non-hydrogen) atoms. The van der Waals surface area contributed by atoms with Crippen LogP contribution in [0, 0.1) is 0 Å². The van der Waals surface area contributed by atoms with Gasteiger partial charge in [0.05, 0.1) is 23.4 Å². The third kappa shape index (κ3) is 4.17. The number of benzene rings is 1. The topological polar surface area (TPSA) is 79.4 Å². The van der Waals surface area contributed by atoms with E-state index in [2.05, 4.69) is 10.3 Å². The van der Waals surface area contributed by atoms with Crippen molar-refractivity contribution in [1.82, 2.24) is 9.88 Å². The van der Waals surface area contributed by atoms with E-state index in [1.807, 2.05) is 37.3 Å². The second kappa shape index (κ2) is 7.23. The number of carbonyl (C=O) groups is 1. The van der Waals surface area contributed by atoms with Crippen LogP contribution in [0.4, 0.5) is 11.4 Å². The Labute approximate surface area is 147 Å². The lowest BCUT2D eigenvalue weighted by molar-refractivity contribution is 0.0702. The summed E-state index contributed by atoms with van der Waals surface area (Å²) in [5.41, 5.74) is 2.05. The van der Waals surface area contributed by atoms with Gasteiger partial charge < -0.3 is 10.2 Å². The third-order valence-electron chi connectivity index (χ3n) is 4.30. The van der Waals surface area contributed by atoms with Gasteiger partial charge in [0.15, 0.2) is 9.84 Å². The number of sulfone groups is 1. The van der Waals surface area contributed by atoms with E-state index < -0.39 is 9.84 Å². The van der Waals surface area contributed by atoms with Crippen LogP contribution in [-0.4, -0.2) is 48.3 Å². The summed E-state index contributed by atoms with van der Waals surface area (Å²) in [4.78, 5) is 18.5. The van der Waals surface area contributed by atoms with E-state index in [1.54, 1.807) is 23.2 Å². The standard InChI is InChI=1S/C18H21N3O3S/c1-2-21(16-10-11-25(23,24)13-16)18(22)17-9-8-15(12-19-17)20-14-6-4-3-5-7-14/h3-9,12,16,20H,2,10-11,13H2,1H3. The van der Waals surface area contributed by atoms with Gasteiger partial charge in [0.2, 0.25) is 0 Å². The van der Waals surface area contributed by atoms with Crippen LogP contribution in [0.5, 0.6) is 0 Å². The molecule has 2 aromatic rings. The van der Waals surface area contributed by atoms with Gasteiger partial charge in [0, 0.05) is 18.3 Å². The van der Waals surface area contributed by atoms with Crippen LogP contribution in [0.15, 0.2) is 48.7 Å². The predicted molar refractivity (Wildman–Crippen MR) is 97.7 cm³/mol. The molecule has 1 aliphatic heterocycles. The summed E-state index contributed by atoms with van der Waals surface area (Å²) in [6, 6.07) is 12.9. The van der Waals surface area contributed by atoms with Crippen LogP contribution >= 0.6 is 0 Å². The van der Waals surface area contributed by atoms with Gasteiger partial charge in [-0.3, -0.25) is 4.79 Å². The molecule has 132 valence electrons. The molecule has 1 unspecified atom stereocenters. The van der Waals surface area contributed by atoms with Gasteiger partial charge in [-0.25, -0.2) is 13.4 Å². The summed E-state index contributed by atoms with van der Waals surface area (Å²) >= 11 is 0. The third-order valence-corrected chi connectivity index (χ3v) is 6.05. The number of carbonyl (C=O) groups excluding carboxylic acids is 1. The van der Waals surface area contributed by atoms with Gasteiger partial charge in [-0.1, -0.05) is 18.2 Å². The van der Waals surface area contributed by atoms with Crippen LogP contribution in [-0.2, 0) is 9.84 Å². The maximum absolute atomic E-state index is 12.7. The van der Waals surface area contributed by atoms with Crippen LogP contribution in [0.25, 0.3) is 0 Å². The molecule has 7 heteroatoms. The molecule has 1 aromatic carbocycles. The van der Waals surface area contributed by atoms with E-state index in [4.69, 9.17) is 0 Å². The maximum atomic E-state index is 12.7. The molecule has 2 heterocycles. The number of nitrogens with one attached hydrogen (secondary N) is 1. The number of aromatic nitrogens is 1. The van der Waals surface area contributed by atoms with Crippen molar-refractivity contribution in [3.63, 3.8) is 0 Å². The van der Waals surface area contributed by atoms with Crippen molar-refractivity contribution in [3.8, 4) is 0 Å². The Balaban J connectivity index is 1.71. The smallest absolute Gasteiger partial charge is 0.272 e. The molecular weight excluding hydrogens is 338 g/mol. The Morgan fingerprint density at radius 1 is 1.20 bits per heavy atom. The highest BCUT2D eigenvalue weighted by Crippen LogP contribution is 2.20. The summed E-state index contributed by atoms with van der Waals surface area (Å²) in [6.45, 7) is 2.32. The first kappa shape index (κ1) is 17.4. The fraction of sp³-hybridized carbons (Fsp3) is 0.333. The predicted octanol–water partition coefficient (Wildman–Crippen LogP) is 2.47. The number of amides is 1. The number of rotatable bonds is 5. The van der Waals surface area contributed by atoms with Crippen molar-refractivity contribution in [2.45, 2.75) is 19.4 Å². The molecule has 0 saturated carbocycles. The molecule has 1 aliphatic rings. The first-order valence-electron chi connectivity index (χ1n) is 8.28. The van der Waals surface area contributed by atoms with Crippen LogP contribution in [0.2, 0.25) is 0 Å². The molecule has 0 radical (unpaired) electrons. The van der Waals surface area contributed by atoms with E-state index >= 15 is 0 Å². The lowest BCUT2D eigenvalue weighted by atomic mass is 10.2. The molecule has 1 fully saturated rings. The van der Waals surface area contributed by atoms with Gasteiger partial charge in [-0.15, -0.1) is 0 Å². The lowest BCUT2D eigenvalue weighted by Gasteiger charge is -2.26. The monoisotopic (exact) mass is 359 g/mol. The molecule has 6 nitrogen and oxygen atoms in total. The first-order chi connectivity index (χ1) is 12.0. The Morgan fingerprint density at radius 2 is 1.96 bits per heavy atom. The molecule has 1 amide bonds. The number of hydrogen-bond acceptors (Lipinski definition) is 5. The Kier molecular flexibility index (Phi) is 5.03. The molecule has 1 saturated heterocycles. The van der Waals surface area contributed by atoms with Crippen molar-refractivity contribution >= 4 is 27.1 Å². The molecule has 1 aromatic heterocycles. The normalized spacial score (nSPS) is 18.7. The molecule has 0 aliphatic carbocycles. The SMILES string of the molecule is CCN(C(=O)c1ccc(Nc2ccccc2)cn1)C1CCS(=O)(=O)C1. The summed E-state index contributed by atoms with van der Waals surface area (Å²) in [7, 11) is -3.03. The van der Waals surface area contributed by atoms with Gasteiger partial charge >= 0.3 is 0 Å². The minimum absolute atomic E-state index is 0.0419. The van der Waals surface area contributed by atoms with E-state index in [-0.39, 0.29) is 23.5 Å². The zero-order chi connectivity index (χ0) is 17.9. The van der Waals surface area contributed by atoms with Crippen molar-refractivity contribution < 1.29 is 13.2 Å². The van der Waals surface area contributed by atoms with E-state index in [0.29, 0.717) is 18.7 Å². The van der Waals surface area contributed by atoms with Crippen LogP contribution in [0.3, 0.4) is 0 Å². The van der Waals surface area contributed by atoms with Crippen LogP contribution in [0.1, 0.15) is 23.8 Å². The number of hydrogen-bond donors (Lipinski definition) is 1. The highest BCUT2D eigenvalue weighted by Gasteiger charge is 2.34. The minimum Gasteiger partial charge on any atom is -0.354 e. The summed E-state index contributed by atoms with van der Waals surface area (Å²) in [6.07, 6.45) is 2.11. The molecule has 3 rings (SSSR count). The highest BCUT2D eigenvalue weighted by molar-refractivity contribution is 7.91. The first-order valence-corrected chi connectivity index (χ1v) is 10.1. The Morgan fingerprint density at radius 3 is 2.52 bits per heavy atom. The summed E-state index contributed by atoms with van der Waals surface area (Å²) in [5, 5.41) is 3.21. The lowest BCUT2D eigenvalue weighted by Crippen LogP contribution is -2.41. The number of pyridine rings is 1. The highest BCUT2D eigenvalue weighted by atomic mass is 32.2. The average molecular weight is 359 g/mol. The fourth-order valence-electron chi connectivity index (χ4n) is 3.02. The van der Waals surface area contributed by atoms with Gasteiger partial charge in [-0.05, 0) is 37.6 Å². The largest absolute Gasteiger partial charge is 0.354 e. The van der Waals surface area contributed by atoms with Crippen molar-refractivity contribution in [2.24, 2.45) is 0 Å². The van der Waals surface area contributed by atoms with E-state index in [0.717, 1.165) is 11.4 Å². The average Bonchev–Trinajstić information content (AvgIpc) is 2.97. The van der Waals surface area contributed by atoms with Gasteiger partial charge in [0.1, 0.15) is 5.69 Å². The zero-order valence-corrected chi connectivity index (χ0v) is 14.9. The number of nitrogens with zero attached hydrogens (tertiary/aromatic N) is 2. The number of anilines is 2. The molecule has 0 spiro atoms.